The van der Waals surface area contributed by atoms with Crippen LogP contribution in [0.25, 0.3) is 0 Å². The highest BCUT2D eigenvalue weighted by Gasteiger charge is 2.15. The van der Waals surface area contributed by atoms with Crippen molar-refractivity contribution in [2.45, 2.75) is 12.8 Å². The summed E-state index contributed by atoms with van der Waals surface area (Å²) in [4.78, 5) is 25.8. The fraction of sp³-hybridized carbons (Fsp3) is 0.214. The summed E-state index contributed by atoms with van der Waals surface area (Å²) in [7, 11) is 4.76. The summed E-state index contributed by atoms with van der Waals surface area (Å²) in [6.45, 7) is 4.17. The second kappa shape index (κ2) is 12.3. The first-order valence-corrected chi connectivity index (χ1v) is 11.2. The summed E-state index contributed by atoms with van der Waals surface area (Å²) in [5.74, 6) is 1.39. The van der Waals surface area contributed by atoms with Gasteiger partial charge in [0.25, 0.3) is 11.8 Å². The molecule has 0 saturated carbocycles. The van der Waals surface area contributed by atoms with Gasteiger partial charge < -0.3 is 24.8 Å². The number of rotatable bonds is 11. The third kappa shape index (κ3) is 6.41. The number of amides is 2. The van der Waals surface area contributed by atoms with Gasteiger partial charge in [0.1, 0.15) is 5.75 Å². The SMILES string of the molecule is C=CCc1cc(C(=O)Nc2ccccc2C(=O)NCCc2ccc(OC)c(OC)c2)ccc1OC. The summed E-state index contributed by atoms with van der Waals surface area (Å²) < 4.78 is 15.9. The Bertz CT molecular complexity index is 1210. The van der Waals surface area contributed by atoms with Gasteiger partial charge in [-0.25, -0.2) is 0 Å². The lowest BCUT2D eigenvalue weighted by Gasteiger charge is -2.13. The van der Waals surface area contributed by atoms with E-state index < -0.39 is 0 Å². The minimum Gasteiger partial charge on any atom is -0.496 e. The van der Waals surface area contributed by atoms with Crippen LogP contribution in [0.2, 0.25) is 0 Å². The standard InChI is InChI=1S/C28H30N2O5/c1-5-8-20-18-21(12-14-24(20)33-2)27(31)30-23-10-7-6-9-22(23)28(32)29-16-15-19-11-13-25(34-3)26(17-19)35-4/h5-7,9-14,17-18H,1,8,15-16H2,2-4H3,(H,29,32)(H,30,31). The molecule has 3 aromatic carbocycles. The zero-order valence-corrected chi connectivity index (χ0v) is 20.2. The van der Waals surface area contributed by atoms with Gasteiger partial charge in [0.2, 0.25) is 0 Å². The molecule has 3 aromatic rings. The molecule has 7 heteroatoms. The quantitative estimate of drug-likeness (QED) is 0.395. The fourth-order valence-corrected chi connectivity index (χ4v) is 3.67. The van der Waals surface area contributed by atoms with Crippen molar-refractivity contribution < 1.29 is 23.8 Å². The maximum atomic E-state index is 12.9. The van der Waals surface area contributed by atoms with Crippen LogP contribution in [-0.4, -0.2) is 39.7 Å². The van der Waals surface area contributed by atoms with Crippen LogP contribution < -0.4 is 24.8 Å². The predicted octanol–water partition coefficient (Wildman–Crippen LogP) is 4.67. The Balaban J connectivity index is 1.67. The van der Waals surface area contributed by atoms with Gasteiger partial charge in [-0.15, -0.1) is 6.58 Å². The summed E-state index contributed by atoms with van der Waals surface area (Å²) in [5.41, 5.74) is 3.14. The van der Waals surface area contributed by atoms with Gasteiger partial charge in [-0.3, -0.25) is 9.59 Å². The van der Waals surface area contributed by atoms with Crippen LogP contribution in [0, 0.1) is 0 Å². The summed E-state index contributed by atoms with van der Waals surface area (Å²) in [6.07, 6.45) is 2.93. The van der Waals surface area contributed by atoms with E-state index in [0.717, 1.165) is 11.1 Å². The zero-order valence-electron chi connectivity index (χ0n) is 20.2. The molecule has 2 amide bonds. The van der Waals surface area contributed by atoms with Crippen LogP contribution >= 0.6 is 0 Å². The molecule has 0 spiro atoms. The Morgan fingerprint density at radius 2 is 1.57 bits per heavy atom. The lowest BCUT2D eigenvalue weighted by atomic mass is 10.1. The number of nitrogens with one attached hydrogen (secondary N) is 2. The highest BCUT2D eigenvalue weighted by Crippen LogP contribution is 2.27. The van der Waals surface area contributed by atoms with Crippen molar-refractivity contribution in [1.29, 1.82) is 0 Å². The van der Waals surface area contributed by atoms with Crippen molar-refractivity contribution in [2.24, 2.45) is 0 Å². The minimum atomic E-state index is -0.316. The van der Waals surface area contributed by atoms with Crippen LogP contribution in [0.15, 0.2) is 73.3 Å². The zero-order chi connectivity index (χ0) is 25.2. The van der Waals surface area contributed by atoms with E-state index in [0.29, 0.717) is 53.4 Å². The molecule has 0 saturated heterocycles. The van der Waals surface area contributed by atoms with Gasteiger partial charge in [-0.1, -0.05) is 24.3 Å². The molecule has 3 rings (SSSR count). The molecule has 0 radical (unpaired) electrons. The summed E-state index contributed by atoms with van der Waals surface area (Å²) >= 11 is 0. The third-order valence-corrected chi connectivity index (χ3v) is 5.47. The Kier molecular flexibility index (Phi) is 8.89. The second-order valence-corrected chi connectivity index (χ2v) is 7.71. The van der Waals surface area contributed by atoms with E-state index in [-0.39, 0.29) is 11.8 Å². The first-order chi connectivity index (χ1) is 17.0. The molecular weight excluding hydrogens is 444 g/mol. The normalized spacial score (nSPS) is 10.3. The molecule has 2 N–H and O–H groups in total. The Morgan fingerprint density at radius 3 is 2.29 bits per heavy atom. The first kappa shape index (κ1) is 25.4. The van der Waals surface area contributed by atoms with Crippen LogP contribution in [0.3, 0.4) is 0 Å². The Labute approximate surface area is 205 Å². The first-order valence-electron chi connectivity index (χ1n) is 11.2. The van der Waals surface area contributed by atoms with Crippen LogP contribution in [0.4, 0.5) is 5.69 Å². The van der Waals surface area contributed by atoms with Crippen LogP contribution in [0.5, 0.6) is 17.2 Å². The van der Waals surface area contributed by atoms with Crippen LogP contribution in [-0.2, 0) is 12.8 Å². The topological polar surface area (TPSA) is 85.9 Å². The molecule has 0 fully saturated rings. The van der Waals surface area contributed by atoms with E-state index in [2.05, 4.69) is 17.2 Å². The molecule has 0 unspecified atom stereocenters. The third-order valence-electron chi connectivity index (χ3n) is 5.47. The van der Waals surface area contributed by atoms with Gasteiger partial charge >= 0.3 is 0 Å². The molecule has 0 aliphatic rings. The average molecular weight is 475 g/mol. The number of benzene rings is 3. The average Bonchev–Trinajstić information content (AvgIpc) is 2.88. The molecule has 0 aliphatic carbocycles. The highest BCUT2D eigenvalue weighted by atomic mass is 16.5. The van der Waals surface area contributed by atoms with E-state index >= 15 is 0 Å². The van der Waals surface area contributed by atoms with Gasteiger partial charge in [-0.2, -0.15) is 0 Å². The number of para-hydroxylation sites is 1. The van der Waals surface area contributed by atoms with Crippen molar-refractivity contribution in [3.05, 3.63) is 95.6 Å². The van der Waals surface area contributed by atoms with Gasteiger partial charge in [0, 0.05) is 12.1 Å². The molecule has 0 heterocycles. The number of allylic oxidation sites excluding steroid dienone is 1. The molecule has 0 bridgehead atoms. The molecule has 0 aliphatic heterocycles. The lowest BCUT2D eigenvalue weighted by Crippen LogP contribution is -2.27. The van der Waals surface area contributed by atoms with E-state index in [1.807, 2.05) is 18.2 Å². The van der Waals surface area contributed by atoms with Crippen LogP contribution in [0.1, 0.15) is 31.8 Å². The number of methoxy groups -OCH3 is 3. The lowest BCUT2D eigenvalue weighted by molar-refractivity contribution is 0.0955. The highest BCUT2D eigenvalue weighted by molar-refractivity contribution is 6.09. The van der Waals surface area contributed by atoms with Gasteiger partial charge in [0.05, 0.1) is 32.6 Å². The predicted molar refractivity (Wildman–Crippen MR) is 137 cm³/mol. The minimum absolute atomic E-state index is 0.275. The van der Waals surface area contributed by atoms with E-state index in [1.54, 1.807) is 69.9 Å². The molecule has 182 valence electrons. The molecule has 35 heavy (non-hydrogen) atoms. The summed E-state index contributed by atoms with van der Waals surface area (Å²) in [6, 6.07) is 17.8. The second-order valence-electron chi connectivity index (χ2n) is 7.71. The van der Waals surface area contributed by atoms with Crippen molar-refractivity contribution >= 4 is 17.5 Å². The number of hydrogen-bond donors (Lipinski definition) is 2. The Hall–Kier alpha value is -4.26. The smallest absolute Gasteiger partial charge is 0.255 e. The van der Waals surface area contributed by atoms with E-state index in [9.17, 15) is 9.59 Å². The number of carbonyl (C=O) groups is 2. The van der Waals surface area contributed by atoms with Crippen molar-refractivity contribution in [3.63, 3.8) is 0 Å². The summed E-state index contributed by atoms with van der Waals surface area (Å²) in [5, 5.41) is 5.77. The molecule has 0 aromatic heterocycles. The maximum Gasteiger partial charge on any atom is 0.255 e. The fourth-order valence-electron chi connectivity index (χ4n) is 3.67. The molecule has 0 atom stereocenters. The van der Waals surface area contributed by atoms with E-state index in [1.165, 1.54) is 0 Å². The number of anilines is 1. The van der Waals surface area contributed by atoms with Gasteiger partial charge in [-0.05, 0) is 66.4 Å². The molecular formula is C28H30N2O5. The Morgan fingerprint density at radius 1 is 0.857 bits per heavy atom. The van der Waals surface area contributed by atoms with Crippen molar-refractivity contribution in [2.75, 3.05) is 33.2 Å². The number of ether oxygens (including phenoxy) is 3. The number of carbonyl (C=O) groups excluding carboxylic acids is 2. The van der Waals surface area contributed by atoms with E-state index in [4.69, 9.17) is 14.2 Å². The largest absolute Gasteiger partial charge is 0.496 e. The number of hydrogen-bond acceptors (Lipinski definition) is 5. The van der Waals surface area contributed by atoms with Crippen molar-refractivity contribution in [3.8, 4) is 17.2 Å². The van der Waals surface area contributed by atoms with Crippen molar-refractivity contribution in [1.82, 2.24) is 5.32 Å². The van der Waals surface area contributed by atoms with Gasteiger partial charge in [0.15, 0.2) is 11.5 Å². The monoisotopic (exact) mass is 474 g/mol. The maximum absolute atomic E-state index is 12.9. The molecule has 7 nitrogen and oxygen atoms in total.